The predicted molar refractivity (Wildman–Crippen MR) is 54.1 cm³/mol. The molecule has 0 fully saturated rings. The lowest BCUT2D eigenvalue weighted by Crippen LogP contribution is -1.95. The molecule has 0 saturated heterocycles. The highest BCUT2D eigenvalue weighted by Gasteiger charge is 1.81. The molecular weight excluding hydrogens is 180 g/mol. The molecule has 0 aliphatic rings. The molecule has 0 unspecified atom stereocenters. The molecule has 0 N–H and O–H groups in total. The monoisotopic (exact) mass is 194 g/mol. The van der Waals surface area contributed by atoms with Gasteiger partial charge in [-0.2, -0.15) is 0 Å². The summed E-state index contributed by atoms with van der Waals surface area (Å²) in [7, 11) is 0. The van der Waals surface area contributed by atoms with Gasteiger partial charge in [-0.15, -0.1) is 0 Å². The lowest BCUT2D eigenvalue weighted by Gasteiger charge is -1.89. The van der Waals surface area contributed by atoms with Crippen molar-refractivity contribution in [2.75, 3.05) is 6.61 Å². The summed E-state index contributed by atoms with van der Waals surface area (Å²) in [6, 6.07) is 9.10. The van der Waals surface area contributed by atoms with Gasteiger partial charge in [-0.25, -0.2) is 0 Å². The second-order valence-corrected chi connectivity index (χ2v) is 2.45. The molecule has 3 heteroatoms. The number of carbonyl (C=O) groups is 2. The van der Waals surface area contributed by atoms with Gasteiger partial charge in [0, 0.05) is 12.5 Å². The first-order valence-corrected chi connectivity index (χ1v) is 4.34. The highest BCUT2D eigenvalue weighted by atomic mass is 16.5. The Labute approximate surface area is 83.7 Å². The van der Waals surface area contributed by atoms with Gasteiger partial charge in [-0.05, 0) is 6.92 Å². The Morgan fingerprint density at radius 3 is 2.14 bits per heavy atom. The van der Waals surface area contributed by atoms with Crippen molar-refractivity contribution in [1.29, 1.82) is 0 Å². The zero-order valence-corrected chi connectivity index (χ0v) is 8.40. The number of benzene rings is 1. The maximum absolute atomic E-state index is 10.0. The highest BCUT2D eigenvalue weighted by molar-refractivity contribution is 5.74. The average Bonchev–Trinajstić information content (AvgIpc) is 2.20. The molecule has 0 spiro atoms. The first-order chi connectivity index (χ1) is 6.70. The lowest BCUT2D eigenvalue weighted by molar-refractivity contribution is -0.140. The van der Waals surface area contributed by atoms with Gasteiger partial charge in [-0.3, -0.25) is 9.59 Å². The van der Waals surface area contributed by atoms with Crippen molar-refractivity contribution in [3.63, 3.8) is 0 Å². The van der Waals surface area contributed by atoms with Crippen LogP contribution in [0.2, 0.25) is 0 Å². The summed E-state index contributed by atoms with van der Waals surface area (Å²) in [5.41, 5.74) is 0.729. The Bertz CT molecular complexity index is 267. The number of aldehydes is 1. The molecule has 1 aromatic rings. The van der Waals surface area contributed by atoms with Crippen LogP contribution in [0, 0.1) is 0 Å². The molecule has 0 radical (unpaired) electrons. The molecule has 0 aromatic heterocycles. The van der Waals surface area contributed by atoms with E-state index in [1.807, 2.05) is 18.2 Å². The molecule has 0 bridgehead atoms. The molecule has 14 heavy (non-hydrogen) atoms. The average molecular weight is 194 g/mol. The van der Waals surface area contributed by atoms with Crippen LogP contribution in [-0.4, -0.2) is 18.9 Å². The van der Waals surface area contributed by atoms with Gasteiger partial charge in [0.2, 0.25) is 0 Å². The van der Waals surface area contributed by atoms with E-state index in [-0.39, 0.29) is 5.97 Å². The minimum Gasteiger partial charge on any atom is -0.466 e. The Hall–Kier alpha value is -1.64. The van der Waals surface area contributed by atoms with E-state index in [1.165, 1.54) is 6.92 Å². The fourth-order valence-corrected chi connectivity index (χ4v) is 0.735. The summed E-state index contributed by atoms with van der Waals surface area (Å²) in [5.74, 6) is -0.211. The van der Waals surface area contributed by atoms with Crippen LogP contribution in [-0.2, 0) is 9.53 Å². The minimum absolute atomic E-state index is 0.211. The molecule has 1 aromatic carbocycles. The third-order valence-corrected chi connectivity index (χ3v) is 1.28. The summed E-state index contributed by atoms with van der Waals surface area (Å²) in [6.45, 7) is 3.65. The zero-order valence-electron chi connectivity index (χ0n) is 8.40. The first kappa shape index (κ1) is 12.4. The molecular formula is C11H14O3. The Kier molecular flexibility index (Phi) is 7.05. The number of hydrogen-bond acceptors (Lipinski definition) is 3. The number of rotatable bonds is 2. The second-order valence-electron chi connectivity index (χ2n) is 2.45. The lowest BCUT2D eigenvalue weighted by atomic mass is 10.2. The van der Waals surface area contributed by atoms with Crippen LogP contribution < -0.4 is 0 Å². The third-order valence-electron chi connectivity index (χ3n) is 1.28. The molecule has 0 heterocycles. The maximum Gasteiger partial charge on any atom is 0.302 e. The molecule has 1 rings (SSSR count). The van der Waals surface area contributed by atoms with E-state index in [0.717, 1.165) is 11.8 Å². The highest BCUT2D eigenvalue weighted by Crippen LogP contribution is 1.91. The van der Waals surface area contributed by atoms with E-state index in [0.29, 0.717) is 6.61 Å². The normalized spacial score (nSPS) is 8.14. The van der Waals surface area contributed by atoms with E-state index < -0.39 is 0 Å². The SMILES string of the molecule is CCOC(C)=O.O=Cc1ccccc1. The molecule has 0 aliphatic carbocycles. The molecule has 76 valence electrons. The van der Waals surface area contributed by atoms with Gasteiger partial charge in [-0.1, -0.05) is 30.3 Å². The van der Waals surface area contributed by atoms with Crippen molar-refractivity contribution in [2.24, 2.45) is 0 Å². The van der Waals surface area contributed by atoms with Crippen LogP contribution in [0.5, 0.6) is 0 Å². The van der Waals surface area contributed by atoms with Crippen molar-refractivity contribution in [3.8, 4) is 0 Å². The summed E-state index contributed by atoms with van der Waals surface area (Å²) in [4.78, 5) is 19.8. The largest absolute Gasteiger partial charge is 0.466 e. The number of esters is 1. The van der Waals surface area contributed by atoms with E-state index in [4.69, 9.17) is 0 Å². The fraction of sp³-hybridized carbons (Fsp3) is 0.273. The van der Waals surface area contributed by atoms with Gasteiger partial charge in [0.25, 0.3) is 0 Å². The van der Waals surface area contributed by atoms with Gasteiger partial charge in [0.05, 0.1) is 6.61 Å². The second kappa shape index (κ2) is 7.98. The number of carbonyl (C=O) groups excluding carboxylic acids is 2. The van der Waals surface area contributed by atoms with Gasteiger partial charge in [0.1, 0.15) is 6.29 Å². The van der Waals surface area contributed by atoms with E-state index >= 15 is 0 Å². The summed E-state index contributed by atoms with van der Waals surface area (Å²) < 4.78 is 4.40. The van der Waals surface area contributed by atoms with E-state index in [2.05, 4.69) is 4.74 Å². The van der Waals surface area contributed by atoms with Crippen molar-refractivity contribution in [1.82, 2.24) is 0 Å². The molecule has 0 amide bonds. The standard InChI is InChI=1S/C7H6O.C4H8O2/c8-6-7-4-2-1-3-5-7;1-3-6-4(2)5/h1-6H;3H2,1-2H3. The minimum atomic E-state index is -0.211. The molecule has 0 saturated carbocycles. The Morgan fingerprint density at radius 1 is 1.36 bits per heavy atom. The van der Waals surface area contributed by atoms with Crippen LogP contribution in [0.15, 0.2) is 30.3 Å². The van der Waals surface area contributed by atoms with Crippen LogP contribution in [0.1, 0.15) is 24.2 Å². The van der Waals surface area contributed by atoms with Crippen LogP contribution in [0.3, 0.4) is 0 Å². The maximum atomic E-state index is 10.0. The van der Waals surface area contributed by atoms with Crippen LogP contribution in [0.4, 0.5) is 0 Å². The van der Waals surface area contributed by atoms with Crippen molar-refractivity contribution in [3.05, 3.63) is 35.9 Å². The van der Waals surface area contributed by atoms with Crippen LogP contribution >= 0.6 is 0 Å². The summed E-state index contributed by atoms with van der Waals surface area (Å²) in [6.07, 6.45) is 0.833. The number of hydrogen-bond donors (Lipinski definition) is 0. The predicted octanol–water partition coefficient (Wildman–Crippen LogP) is 2.07. The third kappa shape index (κ3) is 7.03. The topological polar surface area (TPSA) is 43.4 Å². The van der Waals surface area contributed by atoms with Gasteiger partial charge >= 0.3 is 5.97 Å². The van der Waals surface area contributed by atoms with E-state index in [1.54, 1.807) is 19.1 Å². The smallest absolute Gasteiger partial charge is 0.302 e. The van der Waals surface area contributed by atoms with Gasteiger partial charge < -0.3 is 4.74 Å². The first-order valence-electron chi connectivity index (χ1n) is 4.34. The van der Waals surface area contributed by atoms with Crippen molar-refractivity contribution >= 4 is 12.3 Å². The fourth-order valence-electron chi connectivity index (χ4n) is 0.735. The van der Waals surface area contributed by atoms with E-state index in [9.17, 15) is 9.59 Å². The Balaban J connectivity index is 0.000000255. The molecule has 3 nitrogen and oxygen atoms in total. The molecule has 0 atom stereocenters. The zero-order chi connectivity index (χ0) is 10.8. The number of ether oxygens (including phenoxy) is 1. The van der Waals surface area contributed by atoms with Crippen LogP contribution in [0.25, 0.3) is 0 Å². The summed E-state index contributed by atoms with van der Waals surface area (Å²) >= 11 is 0. The van der Waals surface area contributed by atoms with Crippen molar-refractivity contribution in [2.45, 2.75) is 13.8 Å². The quantitative estimate of drug-likeness (QED) is 0.534. The van der Waals surface area contributed by atoms with Crippen molar-refractivity contribution < 1.29 is 14.3 Å². The summed E-state index contributed by atoms with van der Waals surface area (Å²) in [5, 5.41) is 0. The van der Waals surface area contributed by atoms with Gasteiger partial charge in [0.15, 0.2) is 0 Å². The molecule has 0 aliphatic heterocycles. The Morgan fingerprint density at radius 2 is 1.93 bits per heavy atom.